The SMILES string of the molecule is CC[Si](CC)(CC)O[C@@H](C=O)[C@]1(C)[C@@H](O[Si](C)(C)C(C)(C)C)C[C@H]2OC[C@@]2(O[Si](CC)(CC)CC)[C@H]1CC(=O)OC. The van der Waals surface area contributed by atoms with E-state index < -0.39 is 42.1 Å². The molecule has 0 amide bonds. The Bertz CT molecular complexity index is 867. The lowest BCUT2D eigenvalue weighted by Gasteiger charge is -2.67. The van der Waals surface area contributed by atoms with Gasteiger partial charge in [-0.3, -0.25) is 4.79 Å². The van der Waals surface area contributed by atoms with E-state index in [-0.39, 0.29) is 35.6 Å². The van der Waals surface area contributed by atoms with Crippen LogP contribution in [0.3, 0.4) is 0 Å². The van der Waals surface area contributed by atoms with Gasteiger partial charge in [-0.1, -0.05) is 69.2 Å². The number of hydrogen-bond donors (Lipinski definition) is 0. The predicted octanol–water partition coefficient (Wildman–Crippen LogP) is 7.71. The molecule has 1 saturated heterocycles. The third-order valence-corrected chi connectivity index (χ3v) is 25.5. The Morgan fingerprint density at radius 3 is 1.85 bits per heavy atom. The standard InChI is InChI=1S/C31H62O7Si3/c1-14-40(15-2,16-3)37-27(22-32)30(10)24(20-28(33)34-11)31(38-41(17-4,18-5)19-6)23-35-26(31)21-25(30)36-39(12,13)29(7,8)9/h22,24-27H,14-21,23H2,1-13H3/t24-,25-,26+,27-,30-,31+/m0/s1. The van der Waals surface area contributed by atoms with Crippen molar-refractivity contribution in [2.24, 2.45) is 11.3 Å². The molecule has 2 rings (SSSR count). The summed E-state index contributed by atoms with van der Waals surface area (Å²) < 4.78 is 33.4. The van der Waals surface area contributed by atoms with Gasteiger partial charge in [0.25, 0.3) is 0 Å². The number of methoxy groups -OCH3 is 1. The molecule has 0 spiro atoms. The van der Waals surface area contributed by atoms with Gasteiger partial charge < -0.3 is 27.5 Å². The van der Waals surface area contributed by atoms with E-state index in [0.29, 0.717) is 13.0 Å². The first-order valence-corrected chi connectivity index (χ1v) is 24.2. The maximum atomic E-state index is 13.3. The molecule has 2 fully saturated rings. The highest BCUT2D eigenvalue weighted by atomic mass is 28.4. The van der Waals surface area contributed by atoms with Gasteiger partial charge in [-0.15, -0.1) is 0 Å². The van der Waals surface area contributed by atoms with Crippen LogP contribution in [0.5, 0.6) is 0 Å². The molecule has 2 aliphatic rings. The summed E-state index contributed by atoms with van der Waals surface area (Å²) in [5.41, 5.74) is -1.48. The first-order chi connectivity index (χ1) is 19.0. The second-order valence-electron chi connectivity index (χ2n) is 14.3. The van der Waals surface area contributed by atoms with E-state index in [1.807, 2.05) is 0 Å². The number of fused-ring (bicyclic) bond motifs is 1. The van der Waals surface area contributed by atoms with Crippen LogP contribution < -0.4 is 0 Å². The van der Waals surface area contributed by atoms with Crippen LogP contribution in [0.15, 0.2) is 0 Å². The van der Waals surface area contributed by atoms with E-state index in [0.717, 1.165) is 42.6 Å². The molecule has 1 saturated carbocycles. The Hall–Kier alpha value is -0.369. The topological polar surface area (TPSA) is 80.3 Å². The Morgan fingerprint density at radius 1 is 0.976 bits per heavy atom. The first kappa shape index (κ1) is 36.8. The fourth-order valence-electron chi connectivity index (χ4n) is 7.00. The van der Waals surface area contributed by atoms with Gasteiger partial charge in [-0.2, -0.15) is 0 Å². The molecule has 240 valence electrons. The Labute approximate surface area is 254 Å². The van der Waals surface area contributed by atoms with Crippen molar-refractivity contribution >= 4 is 37.2 Å². The van der Waals surface area contributed by atoms with E-state index in [9.17, 15) is 9.59 Å². The van der Waals surface area contributed by atoms with Crippen molar-refractivity contribution in [2.45, 2.75) is 160 Å². The fraction of sp³-hybridized carbons (Fsp3) is 0.935. The van der Waals surface area contributed by atoms with E-state index in [1.54, 1.807) is 0 Å². The van der Waals surface area contributed by atoms with Crippen LogP contribution in [0.2, 0.25) is 54.4 Å². The van der Waals surface area contributed by atoms with Gasteiger partial charge >= 0.3 is 5.97 Å². The van der Waals surface area contributed by atoms with Crippen molar-refractivity contribution in [1.82, 2.24) is 0 Å². The van der Waals surface area contributed by atoms with Gasteiger partial charge in [-0.05, 0) is 54.4 Å². The number of carbonyl (C=O) groups is 2. The molecule has 1 aliphatic heterocycles. The van der Waals surface area contributed by atoms with Crippen LogP contribution in [0.1, 0.15) is 82.1 Å². The quantitative estimate of drug-likeness (QED) is 0.0981. The minimum atomic E-state index is -2.28. The Kier molecular flexibility index (Phi) is 12.3. The highest BCUT2D eigenvalue weighted by Crippen LogP contribution is 2.60. The maximum absolute atomic E-state index is 13.3. The van der Waals surface area contributed by atoms with Crippen LogP contribution in [-0.4, -0.2) is 74.8 Å². The zero-order valence-electron chi connectivity index (χ0n) is 28.6. The van der Waals surface area contributed by atoms with Crippen molar-refractivity contribution in [1.29, 1.82) is 0 Å². The molecule has 0 aromatic carbocycles. The normalized spacial score (nSPS) is 29.8. The number of aldehydes is 1. The minimum absolute atomic E-state index is 0.0295. The number of rotatable bonds is 16. The van der Waals surface area contributed by atoms with E-state index in [4.69, 9.17) is 22.8 Å². The zero-order valence-corrected chi connectivity index (χ0v) is 31.6. The second-order valence-corrected chi connectivity index (χ2v) is 28.5. The van der Waals surface area contributed by atoms with Crippen molar-refractivity contribution < 1.29 is 32.3 Å². The van der Waals surface area contributed by atoms with Crippen molar-refractivity contribution in [3.05, 3.63) is 0 Å². The zero-order chi connectivity index (χ0) is 31.5. The highest BCUT2D eigenvalue weighted by Gasteiger charge is 2.70. The number of hydrogen-bond acceptors (Lipinski definition) is 7. The lowest BCUT2D eigenvalue weighted by Crippen LogP contribution is -2.78. The molecule has 0 bridgehead atoms. The molecule has 7 nitrogen and oxygen atoms in total. The Morgan fingerprint density at radius 2 is 1.49 bits per heavy atom. The van der Waals surface area contributed by atoms with Crippen LogP contribution in [0.25, 0.3) is 0 Å². The molecule has 1 heterocycles. The van der Waals surface area contributed by atoms with Gasteiger partial charge in [-0.25, -0.2) is 0 Å². The molecule has 10 heteroatoms. The van der Waals surface area contributed by atoms with E-state index in [2.05, 4.69) is 82.3 Å². The van der Waals surface area contributed by atoms with E-state index in [1.165, 1.54) is 7.11 Å². The minimum Gasteiger partial charge on any atom is -0.469 e. The summed E-state index contributed by atoms with van der Waals surface area (Å²) in [5, 5.41) is -0.0295. The largest absolute Gasteiger partial charge is 0.469 e. The molecule has 0 N–H and O–H groups in total. The van der Waals surface area contributed by atoms with Gasteiger partial charge in [0.1, 0.15) is 18.0 Å². The van der Waals surface area contributed by atoms with Crippen molar-refractivity contribution in [3.8, 4) is 0 Å². The average molecular weight is 631 g/mol. The van der Waals surface area contributed by atoms with Gasteiger partial charge in [0.2, 0.25) is 0 Å². The molecule has 1 aliphatic carbocycles. The third-order valence-electron chi connectivity index (χ3n) is 11.7. The summed E-state index contributed by atoms with van der Waals surface area (Å²) in [5.74, 6) is -0.650. The molecule has 0 aromatic heterocycles. The van der Waals surface area contributed by atoms with Crippen LogP contribution in [0.4, 0.5) is 0 Å². The van der Waals surface area contributed by atoms with Crippen LogP contribution in [0, 0.1) is 11.3 Å². The molecule has 0 radical (unpaired) electrons. The maximum Gasteiger partial charge on any atom is 0.305 e. The van der Waals surface area contributed by atoms with Gasteiger partial charge in [0.05, 0.1) is 32.3 Å². The second kappa shape index (κ2) is 13.7. The number of carbonyl (C=O) groups excluding carboxylic acids is 2. The molecular weight excluding hydrogens is 569 g/mol. The first-order valence-electron chi connectivity index (χ1n) is 16.2. The number of esters is 1. The molecule has 0 unspecified atom stereocenters. The summed E-state index contributed by atoms with van der Waals surface area (Å²) in [7, 11) is -5.18. The van der Waals surface area contributed by atoms with Crippen molar-refractivity contribution in [3.63, 3.8) is 0 Å². The van der Waals surface area contributed by atoms with Crippen LogP contribution in [-0.2, 0) is 32.3 Å². The molecule has 6 atom stereocenters. The Balaban J connectivity index is 2.85. The summed E-state index contributed by atoms with van der Waals surface area (Å²) >= 11 is 0. The number of ether oxygens (including phenoxy) is 2. The summed E-state index contributed by atoms with van der Waals surface area (Å²) in [6.45, 7) is 27.0. The lowest BCUT2D eigenvalue weighted by molar-refractivity contribution is -0.316. The van der Waals surface area contributed by atoms with Gasteiger partial charge in [0, 0.05) is 17.8 Å². The van der Waals surface area contributed by atoms with E-state index >= 15 is 0 Å². The molecule has 41 heavy (non-hydrogen) atoms. The summed E-state index contributed by atoms with van der Waals surface area (Å²) in [4.78, 5) is 26.5. The average Bonchev–Trinajstić information content (AvgIpc) is 2.94. The fourth-order valence-corrected chi connectivity index (χ4v) is 14.3. The smallest absolute Gasteiger partial charge is 0.305 e. The predicted molar refractivity (Wildman–Crippen MR) is 174 cm³/mol. The summed E-state index contributed by atoms with van der Waals surface area (Å²) in [6.07, 6.45) is 0.518. The van der Waals surface area contributed by atoms with Crippen molar-refractivity contribution in [2.75, 3.05) is 13.7 Å². The lowest BCUT2D eigenvalue weighted by atomic mass is 9.53. The van der Waals surface area contributed by atoms with Gasteiger partial charge in [0.15, 0.2) is 25.0 Å². The summed E-state index contributed by atoms with van der Waals surface area (Å²) in [6, 6.07) is 5.77. The molecule has 0 aromatic rings. The molecular formula is C31H62O7Si3. The monoisotopic (exact) mass is 630 g/mol. The van der Waals surface area contributed by atoms with Crippen LogP contribution >= 0.6 is 0 Å². The third kappa shape index (κ3) is 6.83. The highest BCUT2D eigenvalue weighted by molar-refractivity contribution is 6.74.